The zero-order valence-corrected chi connectivity index (χ0v) is 13.6. The molecule has 0 saturated carbocycles. The number of fused-ring (bicyclic) bond motifs is 1. The Morgan fingerprint density at radius 3 is 2.48 bits per heavy atom. The van der Waals surface area contributed by atoms with E-state index < -0.39 is 40.9 Å². The number of aromatic nitrogens is 1. The van der Waals surface area contributed by atoms with Crippen LogP contribution in [0.4, 0.5) is 13.2 Å². The number of Topliss-reactive ketones (excluding diaryl/α,β-unsaturated/α-hetero) is 1. The molecule has 0 saturated heterocycles. The van der Waals surface area contributed by atoms with Gasteiger partial charge in [0.15, 0.2) is 0 Å². The molecule has 3 rings (SSSR count). The van der Waals surface area contributed by atoms with Crippen molar-refractivity contribution >= 4 is 11.7 Å². The van der Waals surface area contributed by atoms with Gasteiger partial charge in [-0.15, -0.1) is 0 Å². The van der Waals surface area contributed by atoms with Crippen LogP contribution in [-0.4, -0.2) is 16.7 Å². The fourth-order valence-corrected chi connectivity index (χ4v) is 2.86. The van der Waals surface area contributed by atoms with Gasteiger partial charge >= 0.3 is 0 Å². The van der Waals surface area contributed by atoms with Crippen molar-refractivity contribution in [2.24, 2.45) is 0 Å². The minimum atomic E-state index is -1.08. The Morgan fingerprint density at radius 1 is 1.20 bits per heavy atom. The van der Waals surface area contributed by atoms with E-state index in [9.17, 15) is 22.8 Å². The fraction of sp³-hybridized carbons (Fsp3) is 0.278. The number of rotatable bonds is 3. The molecule has 1 amide bonds. The van der Waals surface area contributed by atoms with Gasteiger partial charge in [-0.3, -0.25) is 9.59 Å². The van der Waals surface area contributed by atoms with E-state index in [1.807, 2.05) is 0 Å². The van der Waals surface area contributed by atoms with E-state index in [0.29, 0.717) is 17.8 Å². The molecule has 1 aromatic heterocycles. The van der Waals surface area contributed by atoms with Crippen molar-refractivity contribution in [3.63, 3.8) is 0 Å². The highest BCUT2D eigenvalue weighted by Gasteiger charge is 2.39. The Kier molecular flexibility index (Phi) is 4.10. The van der Waals surface area contributed by atoms with Crippen molar-refractivity contribution in [1.82, 2.24) is 10.3 Å². The first kappa shape index (κ1) is 17.1. The summed E-state index contributed by atoms with van der Waals surface area (Å²) in [5.74, 6) is -3.80. The van der Waals surface area contributed by atoms with Crippen LogP contribution in [0.2, 0.25) is 0 Å². The molecule has 0 atom stereocenters. The molecule has 1 aromatic carbocycles. The lowest BCUT2D eigenvalue weighted by molar-refractivity contribution is -0.121. The second kappa shape index (κ2) is 5.98. The Hall–Kier alpha value is -2.70. The van der Waals surface area contributed by atoms with Crippen LogP contribution < -0.4 is 5.32 Å². The lowest BCUT2D eigenvalue weighted by atomic mass is 9.86. The van der Waals surface area contributed by atoms with E-state index >= 15 is 0 Å². The average Bonchev–Trinajstić information content (AvgIpc) is 2.75. The number of benzene rings is 1. The van der Waals surface area contributed by atoms with Crippen LogP contribution in [0.5, 0.6) is 0 Å². The molecule has 1 N–H and O–H groups in total. The van der Waals surface area contributed by atoms with Crippen molar-refractivity contribution in [3.8, 4) is 0 Å². The topological polar surface area (TPSA) is 59.1 Å². The molecule has 25 heavy (non-hydrogen) atoms. The summed E-state index contributed by atoms with van der Waals surface area (Å²) >= 11 is 0. The number of amides is 1. The number of carbonyl (C=O) groups is 2. The maximum atomic E-state index is 13.6. The summed E-state index contributed by atoms with van der Waals surface area (Å²) in [6.45, 7) is 3.14. The van der Waals surface area contributed by atoms with Crippen LogP contribution in [0.15, 0.2) is 24.3 Å². The molecular formula is C18H15F3N2O2. The smallest absolute Gasteiger partial charge is 0.270 e. The highest BCUT2D eigenvalue weighted by Crippen LogP contribution is 2.34. The lowest BCUT2D eigenvalue weighted by Gasteiger charge is -2.16. The van der Waals surface area contributed by atoms with E-state index in [1.165, 1.54) is 6.07 Å². The second-order valence-corrected chi connectivity index (χ2v) is 6.45. The SMILES string of the molecule is CC1(C)C(=O)Cc2nc(C(=O)NCc3c(F)cc(F)cc3F)ccc21. The molecule has 0 bridgehead atoms. The number of nitrogens with zero attached hydrogens (tertiary/aromatic N) is 1. The normalized spacial score (nSPS) is 15.2. The Labute approximate surface area is 142 Å². The molecule has 1 aliphatic rings. The zero-order chi connectivity index (χ0) is 18.4. The van der Waals surface area contributed by atoms with E-state index in [0.717, 1.165) is 5.56 Å². The largest absolute Gasteiger partial charge is 0.346 e. The van der Waals surface area contributed by atoms with E-state index in [2.05, 4.69) is 10.3 Å². The van der Waals surface area contributed by atoms with E-state index in [4.69, 9.17) is 0 Å². The molecule has 1 aliphatic carbocycles. The molecule has 0 spiro atoms. The molecule has 2 aromatic rings. The quantitative estimate of drug-likeness (QED) is 0.928. The maximum absolute atomic E-state index is 13.6. The molecule has 130 valence electrons. The highest BCUT2D eigenvalue weighted by atomic mass is 19.1. The minimum Gasteiger partial charge on any atom is -0.346 e. The number of hydrogen-bond donors (Lipinski definition) is 1. The summed E-state index contributed by atoms with van der Waals surface area (Å²) in [5.41, 5.74) is 0.267. The minimum absolute atomic E-state index is 0.0167. The Balaban J connectivity index is 1.78. The van der Waals surface area contributed by atoms with Gasteiger partial charge in [0.05, 0.1) is 11.1 Å². The monoisotopic (exact) mass is 348 g/mol. The molecule has 7 heteroatoms. The van der Waals surface area contributed by atoms with Gasteiger partial charge in [0.2, 0.25) is 0 Å². The fourth-order valence-electron chi connectivity index (χ4n) is 2.86. The van der Waals surface area contributed by atoms with Crippen LogP contribution in [-0.2, 0) is 23.2 Å². The van der Waals surface area contributed by atoms with Gasteiger partial charge in [-0.2, -0.15) is 0 Å². The van der Waals surface area contributed by atoms with Gasteiger partial charge < -0.3 is 5.32 Å². The first-order valence-electron chi connectivity index (χ1n) is 7.65. The van der Waals surface area contributed by atoms with Crippen molar-refractivity contribution in [2.45, 2.75) is 32.2 Å². The Morgan fingerprint density at radius 2 is 1.84 bits per heavy atom. The molecule has 0 unspecified atom stereocenters. The molecular weight excluding hydrogens is 333 g/mol. The van der Waals surface area contributed by atoms with Crippen LogP contribution in [0.1, 0.15) is 41.2 Å². The van der Waals surface area contributed by atoms with Gasteiger partial charge in [-0.05, 0) is 25.5 Å². The maximum Gasteiger partial charge on any atom is 0.270 e. The third-order valence-corrected chi connectivity index (χ3v) is 4.44. The van der Waals surface area contributed by atoms with Crippen molar-refractivity contribution in [2.75, 3.05) is 0 Å². The third-order valence-electron chi connectivity index (χ3n) is 4.44. The number of halogens is 3. The van der Waals surface area contributed by atoms with Gasteiger partial charge in [-0.25, -0.2) is 18.2 Å². The van der Waals surface area contributed by atoms with E-state index in [-0.39, 0.29) is 17.9 Å². The average molecular weight is 348 g/mol. The first-order valence-corrected chi connectivity index (χ1v) is 7.65. The first-order chi connectivity index (χ1) is 11.7. The zero-order valence-electron chi connectivity index (χ0n) is 13.6. The van der Waals surface area contributed by atoms with Gasteiger partial charge in [0, 0.05) is 30.7 Å². The Bertz CT molecular complexity index is 871. The summed E-state index contributed by atoms with van der Waals surface area (Å²) in [4.78, 5) is 28.4. The number of carbonyl (C=O) groups excluding carboxylic acids is 2. The predicted molar refractivity (Wildman–Crippen MR) is 83.5 cm³/mol. The van der Waals surface area contributed by atoms with Gasteiger partial charge in [0.1, 0.15) is 28.9 Å². The number of nitrogens with one attached hydrogen (secondary N) is 1. The molecule has 0 radical (unpaired) electrons. The van der Waals surface area contributed by atoms with Crippen LogP contribution >= 0.6 is 0 Å². The van der Waals surface area contributed by atoms with Crippen molar-refractivity contribution in [1.29, 1.82) is 0 Å². The summed E-state index contributed by atoms with van der Waals surface area (Å²) in [6, 6.07) is 4.23. The van der Waals surface area contributed by atoms with Crippen LogP contribution in [0, 0.1) is 17.5 Å². The highest BCUT2D eigenvalue weighted by molar-refractivity contribution is 5.97. The second-order valence-electron chi connectivity index (χ2n) is 6.45. The summed E-state index contributed by atoms with van der Waals surface area (Å²) in [5, 5.41) is 2.35. The summed E-state index contributed by atoms with van der Waals surface area (Å²) < 4.78 is 40.1. The summed E-state index contributed by atoms with van der Waals surface area (Å²) in [7, 11) is 0. The van der Waals surface area contributed by atoms with Gasteiger partial charge in [0.25, 0.3) is 5.91 Å². The number of ketones is 1. The molecule has 0 fully saturated rings. The van der Waals surface area contributed by atoms with Crippen LogP contribution in [0.25, 0.3) is 0 Å². The standard InChI is InChI=1S/C18H15F3N2O2/c1-18(2)11-3-4-14(23-15(11)7-16(18)24)17(25)22-8-10-12(20)5-9(19)6-13(10)21/h3-6H,7-8H2,1-2H3,(H,22,25). The van der Waals surface area contributed by atoms with Crippen molar-refractivity contribution < 1.29 is 22.8 Å². The molecule has 0 aliphatic heterocycles. The summed E-state index contributed by atoms with van der Waals surface area (Å²) in [6.07, 6.45) is 0.144. The number of hydrogen-bond acceptors (Lipinski definition) is 3. The predicted octanol–water partition coefficient (Wildman–Crippen LogP) is 2.83. The number of pyridine rings is 1. The molecule has 4 nitrogen and oxygen atoms in total. The van der Waals surface area contributed by atoms with Gasteiger partial charge in [-0.1, -0.05) is 6.07 Å². The lowest BCUT2D eigenvalue weighted by Crippen LogP contribution is -2.26. The third kappa shape index (κ3) is 3.01. The van der Waals surface area contributed by atoms with Crippen LogP contribution in [0.3, 0.4) is 0 Å². The van der Waals surface area contributed by atoms with Crippen molar-refractivity contribution in [3.05, 3.63) is 64.2 Å². The van der Waals surface area contributed by atoms with E-state index in [1.54, 1.807) is 19.9 Å². The molecule has 1 heterocycles.